The highest BCUT2D eigenvalue weighted by Gasteiger charge is 2.37. The number of carbonyl (C=O) groups is 1. The highest BCUT2D eigenvalue weighted by atomic mass is 32.2. The van der Waals surface area contributed by atoms with E-state index in [0.717, 1.165) is 24.9 Å². The largest absolute Gasteiger partial charge is 0.351 e. The van der Waals surface area contributed by atoms with Crippen LogP contribution in [0.15, 0.2) is 0 Å². The Hall–Kier alpha value is -0.380. The van der Waals surface area contributed by atoms with Gasteiger partial charge in [-0.25, -0.2) is 4.79 Å². The average Bonchev–Trinajstić information content (AvgIpc) is 2.40. The second kappa shape index (κ2) is 2.59. The van der Waals surface area contributed by atoms with E-state index in [-0.39, 0.29) is 6.03 Å². The summed E-state index contributed by atoms with van der Waals surface area (Å²) in [4.78, 5) is 12.5. The van der Waals surface area contributed by atoms with E-state index in [0.29, 0.717) is 0 Å². The van der Waals surface area contributed by atoms with Gasteiger partial charge in [0.15, 0.2) is 0 Å². The molecule has 0 aromatic rings. The number of fused-ring (bicyclic) bond motifs is 1. The summed E-state index contributed by atoms with van der Waals surface area (Å²) in [7, 11) is 0. The zero-order valence-corrected chi connectivity index (χ0v) is 7.14. The normalized spacial score (nSPS) is 35.8. The first kappa shape index (κ1) is 7.28. The average molecular weight is 172 g/mol. The number of hydrogen-bond acceptors (Lipinski definition) is 2. The number of amides is 2. The van der Waals surface area contributed by atoms with Gasteiger partial charge in [-0.3, -0.25) is 0 Å². The van der Waals surface area contributed by atoms with Gasteiger partial charge in [-0.15, -0.1) is 0 Å². The van der Waals surface area contributed by atoms with Crippen molar-refractivity contribution in [3.8, 4) is 0 Å². The first-order chi connectivity index (χ1) is 5.27. The van der Waals surface area contributed by atoms with Crippen molar-refractivity contribution in [1.29, 1.82) is 0 Å². The molecule has 2 saturated heterocycles. The number of likely N-dealkylation sites (tertiary alicyclic amines) is 1. The van der Waals surface area contributed by atoms with Gasteiger partial charge in [0.05, 0.1) is 0 Å². The third-order valence-corrected chi connectivity index (χ3v) is 3.88. The maximum absolute atomic E-state index is 10.8. The SMILES string of the molecule is NC(=O)N1C[C@H]2CSC[C@H]2C1. The topological polar surface area (TPSA) is 46.3 Å². The predicted octanol–water partition coefficient (Wildman–Crippen LogP) is 0.360. The lowest BCUT2D eigenvalue weighted by atomic mass is 10.0. The summed E-state index contributed by atoms with van der Waals surface area (Å²) in [6.07, 6.45) is 0. The summed E-state index contributed by atoms with van der Waals surface area (Å²) in [5.41, 5.74) is 5.18. The van der Waals surface area contributed by atoms with E-state index in [2.05, 4.69) is 0 Å². The molecule has 0 radical (unpaired) electrons. The third kappa shape index (κ3) is 1.20. The van der Waals surface area contributed by atoms with E-state index in [1.54, 1.807) is 4.90 Å². The van der Waals surface area contributed by atoms with Crippen molar-refractivity contribution in [2.24, 2.45) is 17.6 Å². The number of nitrogens with two attached hydrogens (primary N) is 1. The Balaban J connectivity index is 1.99. The second-order valence-corrected chi connectivity index (χ2v) is 4.38. The van der Waals surface area contributed by atoms with Crippen LogP contribution in [0, 0.1) is 11.8 Å². The van der Waals surface area contributed by atoms with Gasteiger partial charge in [0.1, 0.15) is 0 Å². The van der Waals surface area contributed by atoms with Crippen molar-refractivity contribution < 1.29 is 4.79 Å². The maximum atomic E-state index is 10.8. The van der Waals surface area contributed by atoms with Gasteiger partial charge in [-0.05, 0) is 23.3 Å². The van der Waals surface area contributed by atoms with Gasteiger partial charge in [0.25, 0.3) is 0 Å². The first-order valence-corrected chi connectivity index (χ1v) is 5.05. The fraction of sp³-hybridized carbons (Fsp3) is 0.857. The van der Waals surface area contributed by atoms with Crippen molar-refractivity contribution in [1.82, 2.24) is 4.90 Å². The summed E-state index contributed by atoms with van der Waals surface area (Å²) in [5.74, 6) is 3.89. The zero-order valence-electron chi connectivity index (χ0n) is 6.32. The van der Waals surface area contributed by atoms with Crippen LogP contribution < -0.4 is 5.73 Å². The molecule has 2 N–H and O–H groups in total. The van der Waals surface area contributed by atoms with Crippen LogP contribution >= 0.6 is 11.8 Å². The predicted molar refractivity (Wildman–Crippen MR) is 45.5 cm³/mol. The fourth-order valence-corrected chi connectivity index (χ4v) is 3.36. The van der Waals surface area contributed by atoms with Gasteiger partial charge in [-0.1, -0.05) is 0 Å². The molecule has 3 nitrogen and oxygen atoms in total. The maximum Gasteiger partial charge on any atom is 0.314 e. The van der Waals surface area contributed by atoms with Gasteiger partial charge in [-0.2, -0.15) is 11.8 Å². The molecule has 0 aliphatic carbocycles. The summed E-state index contributed by atoms with van der Waals surface area (Å²) < 4.78 is 0. The summed E-state index contributed by atoms with van der Waals surface area (Å²) in [6.45, 7) is 1.79. The van der Waals surface area contributed by atoms with Crippen molar-refractivity contribution in [3.05, 3.63) is 0 Å². The minimum atomic E-state index is -0.246. The highest BCUT2D eigenvalue weighted by molar-refractivity contribution is 7.99. The molecule has 2 aliphatic rings. The third-order valence-electron chi connectivity index (χ3n) is 2.55. The Morgan fingerprint density at radius 1 is 1.36 bits per heavy atom. The van der Waals surface area contributed by atoms with Crippen LogP contribution in [0.25, 0.3) is 0 Å². The lowest BCUT2D eigenvalue weighted by Gasteiger charge is -2.12. The van der Waals surface area contributed by atoms with Crippen LogP contribution in [-0.2, 0) is 0 Å². The fourth-order valence-electron chi connectivity index (χ4n) is 1.87. The molecule has 11 heavy (non-hydrogen) atoms. The standard InChI is InChI=1S/C7H12N2OS/c8-7(10)9-1-5-3-11-4-6(5)2-9/h5-6H,1-4H2,(H2,8,10)/t5-,6+. The number of rotatable bonds is 0. The smallest absolute Gasteiger partial charge is 0.314 e. The molecule has 62 valence electrons. The van der Waals surface area contributed by atoms with E-state index < -0.39 is 0 Å². The summed E-state index contributed by atoms with van der Waals surface area (Å²) in [5, 5.41) is 0. The minimum absolute atomic E-state index is 0.246. The molecule has 0 aromatic heterocycles. The van der Waals surface area contributed by atoms with Gasteiger partial charge in [0.2, 0.25) is 0 Å². The number of nitrogens with zero attached hydrogens (tertiary/aromatic N) is 1. The minimum Gasteiger partial charge on any atom is -0.351 e. The molecular weight excluding hydrogens is 160 g/mol. The molecule has 2 heterocycles. The molecule has 2 rings (SSSR count). The first-order valence-electron chi connectivity index (χ1n) is 3.89. The zero-order chi connectivity index (χ0) is 7.84. The van der Waals surface area contributed by atoms with E-state index >= 15 is 0 Å². The molecule has 2 amide bonds. The molecular formula is C7H12N2OS. The van der Waals surface area contributed by atoms with Crippen LogP contribution in [0.2, 0.25) is 0 Å². The number of urea groups is 1. The van der Waals surface area contributed by atoms with Crippen molar-refractivity contribution in [2.75, 3.05) is 24.6 Å². The molecule has 0 aromatic carbocycles. The Morgan fingerprint density at radius 2 is 1.91 bits per heavy atom. The number of carbonyl (C=O) groups excluding carboxylic acids is 1. The number of primary amides is 1. The number of hydrogen-bond donors (Lipinski definition) is 1. The van der Waals surface area contributed by atoms with Crippen LogP contribution in [0.3, 0.4) is 0 Å². The van der Waals surface area contributed by atoms with Crippen LogP contribution in [0.4, 0.5) is 4.79 Å². The van der Waals surface area contributed by atoms with E-state index in [1.807, 2.05) is 11.8 Å². The van der Waals surface area contributed by atoms with E-state index in [4.69, 9.17) is 5.73 Å². The molecule has 0 spiro atoms. The molecule has 4 heteroatoms. The Labute approximate surface area is 70.3 Å². The van der Waals surface area contributed by atoms with Gasteiger partial charge < -0.3 is 10.6 Å². The van der Waals surface area contributed by atoms with Crippen LogP contribution in [-0.4, -0.2) is 35.5 Å². The molecule has 2 fully saturated rings. The monoisotopic (exact) mass is 172 g/mol. The van der Waals surface area contributed by atoms with Gasteiger partial charge >= 0.3 is 6.03 Å². The van der Waals surface area contributed by atoms with E-state index in [1.165, 1.54) is 11.5 Å². The van der Waals surface area contributed by atoms with Crippen molar-refractivity contribution >= 4 is 17.8 Å². The molecule has 0 unspecified atom stereocenters. The van der Waals surface area contributed by atoms with Gasteiger partial charge in [0, 0.05) is 13.1 Å². The Kier molecular flexibility index (Phi) is 1.71. The van der Waals surface area contributed by atoms with E-state index in [9.17, 15) is 4.79 Å². The Morgan fingerprint density at radius 3 is 2.36 bits per heavy atom. The molecule has 2 atom stereocenters. The Bertz CT molecular complexity index is 173. The highest BCUT2D eigenvalue weighted by Crippen LogP contribution is 2.35. The van der Waals surface area contributed by atoms with Crippen LogP contribution in [0.1, 0.15) is 0 Å². The van der Waals surface area contributed by atoms with Crippen molar-refractivity contribution in [3.63, 3.8) is 0 Å². The summed E-state index contributed by atoms with van der Waals surface area (Å²) >= 11 is 2.00. The lowest BCUT2D eigenvalue weighted by molar-refractivity contribution is 0.216. The second-order valence-electron chi connectivity index (χ2n) is 3.30. The quantitative estimate of drug-likeness (QED) is 0.573. The number of thioether (sulfide) groups is 1. The van der Waals surface area contributed by atoms with Crippen LogP contribution in [0.5, 0.6) is 0 Å². The van der Waals surface area contributed by atoms with Crippen molar-refractivity contribution in [2.45, 2.75) is 0 Å². The molecule has 0 bridgehead atoms. The molecule has 2 aliphatic heterocycles. The molecule has 0 saturated carbocycles. The summed E-state index contributed by atoms with van der Waals surface area (Å²) in [6, 6.07) is -0.246. The lowest BCUT2D eigenvalue weighted by Crippen LogP contribution is -2.34.